The molecule has 0 saturated heterocycles. The summed E-state index contributed by atoms with van der Waals surface area (Å²) < 4.78 is 0. The third kappa shape index (κ3) is 7.28. The maximum atomic E-state index is 12.1. The van der Waals surface area contributed by atoms with Gasteiger partial charge >= 0.3 is 0 Å². The zero-order valence-electron chi connectivity index (χ0n) is 14.5. The lowest BCUT2D eigenvalue weighted by Crippen LogP contribution is -2.25. The van der Waals surface area contributed by atoms with Gasteiger partial charge in [-0.3, -0.25) is 25.0 Å². The van der Waals surface area contributed by atoms with Gasteiger partial charge in [0.2, 0.25) is 0 Å². The molecule has 8 heteroatoms. The average molecular weight is 351 g/mol. The number of benzene rings is 1. The van der Waals surface area contributed by atoms with Crippen molar-refractivity contribution < 1.29 is 14.6 Å². The van der Waals surface area contributed by atoms with E-state index < -0.39 is 27.1 Å². The van der Waals surface area contributed by atoms with Crippen LogP contribution in [0.15, 0.2) is 18.2 Å². The summed E-state index contributed by atoms with van der Waals surface area (Å²) in [6.45, 7) is 2.61. The van der Waals surface area contributed by atoms with Crippen molar-refractivity contribution in [3.63, 3.8) is 0 Å². The lowest BCUT2D eigenvalue weighted by Gasteiger charge is -2.06. The van der Waals surface area contributed by atoms with Gasteiger partial charge in [-0.2, -0.15) is 0 Å². The van der Waals surface area contributed by atoms with Gasteiger partial charge in [0.15, 0.2) is 0 Å². The van der Waals surface area contributed by atoms with E-state index in [9.17, 15) is 25.0 Å². The predicted molar refractivity (Wildman–Crippen MR) is 94.7 cm³/mol. The fourth-order valence-corrected chi connectivity index (χ4v) is 2.53. The average Bonchev–Trinajstić information content (AvgIpc) is 2.59. The third-order valence-electron chi connectivity index (χ3n) is 3.95. The number of nitrogens with one attached hydrogen (secondary N) is 1. The van der Waals surface area contributed by atoms with Crippen molar-refractivity contribution in [2.45, 2.75) is 58.3 Å². The maximum Gasteiger partial charge on any atom is 0.289 e. The van der Waals surface area contributed by atoms with E-state index in [1.165, 1.54) is 32.1 Å². The van der Waals surface area contributed by atoms with Crippen LogP contribution in [0.1, 0.15) is 68.6 Å². The molecule has 0 heterocycles. The van der Waals surface area contributed by atoms with Crippen LogP contribution in [0.3, 0.4) is 0 Å². The summed E-state index contributed by atoms with van der Waals surface area (Å²) in [7, 11) is 0. The quantitative estimate of drug-likeness (QED) is 0.341. The molecule has 0 fully saturated rings. The fourth-order valence-electron chi connectivity index (χ4n) is 2.53. The molecule has 0 unspecified atom stereocenters. The van der Waals surface area contributed by atoms with Crippen LogP contribution in [0.5, 0.6) is 0 Å². The second kappa shape index (κ2) is 11.1. The standard InChI is InChI=1S/C17H25N3O5/c1-2-3-4-5-6-7-8-9-12-18-17(21)15-11-10-14(19(22)23)13-16(15)20(24)25/h10-11,13H,2-9,12H2,1H3,(H,18,21). The number of nitrogens with zero attached hydrogens (tertiary/aromatic N) is 2. The van der Waals surface area contributed by atoms with Gasteiger partial charge in [0.25, 0.3) is 17.3 Å². The van der Waals surface area contributed by atoms with Gasteiger partial charge in [-0.15, -0.1) is 0 Å². The Bertz CT molecular complexity index is 604. The summed E-state index contributed by atoms with van der Waals surface area (Å²) in [5, 5.41) is 24.4. The summed E-state index contributed by atoms with van der Waals surface area (Å²) in [6.07, 6.45) is 9.07. The minimum atomic E-state index is -0.780. The Morgan fingerprint density at radius 3 is 2.12 bits per heavy atom. The second-order valence-electron chi connectivity index (χ2n) is 5.95. The van der Waals surface area contributed by atoms with Crippen molar-refractivity contribution in [1.29, 1.82) is 0 Å². The Morgan fingerprint density at radius 2 is 1.56 bits per heavy atom. The first-order valence-corrected chi connectivity index (χ1v) is 8.68. The number of unbranched alkanes of at least 4 members (excludes halogenated alkanes) is 7. The van der Waals surface area contributed by atoms with Crippen molar-refractivity contribution in [2.24, 2.45) is 0 Å². The van der Waals surface area contributed by atoms with E-state index in [2.05, 4.69) is 12.2 Å². The van der Waals surface area contributed by atoms with E-state index in [0.29, 0.717) is 6.54 Å². The van der Waals surface area contributed by atoms with Gasteiger partial charge in [0.1, 0.15) is 5.56 Å². The number of hydrogen-bond acceptors (Lipinski definition) is 5. The first-order chi connectivity index (χ1) is 12.0. The van der Waals surface area contributed by atoms with Crippen molar-refractivity contribution in [3.05, 3.63) is 44.0 Å². The molecule has 0 spiro atoms. The monoisotopic (exact) mass is 351 g/mol. The van der Waals surface area contributed by atoms with Gasteiger partial charge in [0.05, 0.1) is 15.9 Å². The van der Waals surface area contributed by atoms with Crippen LogP contribution in [0.25, 0.3) is 0 Å². The Kier molecular flexibility index (Phi) is 9.13. The molecular weight excluding hydrogens is 326 g/mol. The van der Waals surface area contributed by atoms with Gasteiger partial charge in [0, 0.05) is 12.6 Å². The molecule has 1 rings (SSSR count). The van der Waals surface area contributed by atoms with E-state index in [4.69, 9.17) is 0 Å². The number of hydrogen-bond donors (Lipinski definition) is 1. The Hall–Kier alpha value is -2.51. The SMILES string of the molecule is CCCCCCCCCCNC(=O)c1ccc([N+](=O)[O-])cc1[N+](=O)[O-]. The number of amides is 1. The zero-order chi connectivity index (χ0) is 18.7. The molecule has 0 aliphatic rings. The minimum Gasteiger partial charge on any atom is -0.352 e. The van der Waals surface area contributed by atoms with Crippen LogP contribution in [-0.2, 0) is 0 Å². The molecule has 1 N–H and O–H groups in total. The highest BCUT2D eigenvalue weighted by Crippen LogP contribution is 2.24. The summed E-state index contributed by atoms with van der Waals surface area (Å²) in [5.74, 6) is -0.579. The van der Waals surface area contributed by atoms with E-state index >= 15 is 0 Å². The molecule has 8 nitrogen and oxygen atoms in total. The Morgan fingerprint density at radius 1 is 0.960 bits per heavy atom. The van der Waals surface area contributed by atoms with Crippen LogP contribution in [0.4, 0.5) is 11.4 Å². The molecule has 0 bridgehead atoms. The summed E-state index contributed by atoms with van der Waals surface area (Å²) in [5.41, 5.74) is -1.12. The largest absolute Gasteiger partial charge is 0.352 e. The number of non-ortho nitro benzene ring substituents is 1. The van der Waals surface area contributed by atoms with Crippen molar-refractivity contribution in [1.82, 2.24) is 5.32 Å². The smallest absolute Gasteiger partial charge is 0.289 e. The molecule has 0 saturated carbocycles. The molecular formula is C17H25N3O5. The van der Waals surface area contributed by atoms with Crippen LogP contribution < -0.4 is 5.32 Å². The number of nitro benzene ring substituents is 2. The number of nitro groups is 2. The molecule has 1 aromatic rings. The molecule has 25 heavy (non-hydrogen) atoms. The Balaban J connectivity index is 2.42. The highest BCUT2D eigenvalue weighted by molar-refractivity contribution is 5.98. The normalized spacial score (nSPS) is 10.4. The van der Waals surface area contributed by atoms with Crippen LogP contribution in [-0.4, -0.2) is 22.3 Å². The zero-order valence-corrected chi connectivity index (χ0v) is 14.5. The molecule has 0 atom stereocenters. The summed E-state index contributed by atoms with van der Waals surface area (Å²) in [6, 6.07) is 3.03. The molecule has 138 valence electrons. The molecule has 0 aromatic heterocycles. The van der Waals surface area contributed by atoms with Crippen LogP contribution in [0, 0.1) is 20.2 Å². The minimum absolute atomic E-state index is 0.157. The van der Waals surface area contributed by atoms with E-state index in [1.807, 2.05) is 0 Å². The lowest BCUT2D eigenvalue weighted by atomic mass is 10.1. The summed E-state index contributed by atoms with van der Waals surface area (Å²) in [4.78, 5) is 32.3. The number of carbonyl (C=O) groups is 1. The van der Waals surface area contributed by atoms with E-state index in [-0.39, 0.29) is 5.56 Å². The molecule has 0 radical (unpaired) electrons. The van der Waals surface area contributed by atoms with E-state index in [0.717, 1.165) is 37.5 Å². The fraction of sp³-hybridized carbons (Fsp3) is 0.588. The first-order valence-electron chi connectivity index (χ1n) is 8.68. The maximum absolute atomic E-state index is 12.1. The first kappa shape index (κ1) is 20.5. The van der Waals surface area contributed by atoms with Crippen molar-refractivity contribution in [2.75, 3.05) is 6.54 Å². The van der Waals surface area contributed by atoms with E-state index in [1.54, 1.807) is 0 Å². The van der Waals surface area contributed by atoms with Crippen molar-refractivity contribution in [3.8, 4) is 0 Å². The van der Waals surface area contributed by atoms with Gasteiger partial charge < -0.3 is 5.32 Å². The number of carbonyl (C=O) groups excluding carboxylic acids is 1. The molecule has 1 aromatic carbocycles. The second-order valence-corrected chi connectivity index (χ2v) is 5.95. The van der Waals surface area contributed by atoms with Gasteiger partial charge in [-0.25, -0.2) is 0 Å². The topological polar surface area (TPSA) is 115 Å². The van der Waals surface area contributed by atoms with Gasteiger partial charge in [-0.05, 0) is 12.5 Å². The third-order valence-corrected chi connectivity index (χ3v) is 3.95. The highest BCUT2D eigenvalue weighted by atomic mass is 16.6. The van der Waals surface area contributed by atoms with Crippen molar-refractivity contribution >= 4 is 17.3 Å². The van der Waals surface area contributed by atoms with Crippen LogP contribution >= 0.6 is 0 Å². The van der Waals surface area contributed by atoms with Gasteiger partial charge in [-0.1, -0.05) is 51.9 Å². The molecule has 0 aliphatic heterocycles. The summed E-state index contributed by atoms with van der Waals surface area (Å²) >= 11 is 0. The molecule has 0 aliphatic carbocycles. The predicted octanol–water partition coefficient (Wildman–Crippen LogP) is 4.37. The lowest BCUT2D eigenvalue weighted by molar-refractivity contribution is -0.394. The Labute approximate surface area is 146 Å². The molecule has 1 amide bonds. The van der Waals surface area contributed by atoms with Crippen LogP contribution in [0.2, 0.25) is 0 Å². The highest BCUT2D eigenvalue weighted by Gasteiger charge is 2.23. The number of rotatable bonds is 12.